The number of halogens is 1. The normalized spacial score (nSPS) is 10.3. The first kappa shape index (κ1) is 19.4. The van der Waals surface area contributed by atoms with E-state index in [4.69, 9.17) is 10.5 Å². The van der Waals surface area contributed by atoms with Crippen molar-refractivity contribution in [2.24, 2.45) is 5.73 Å². The average Bonchev–Trinajstić information content (AvgIpc) is 2.69. The van der Waals surface area contributed by atoms with Gasteiger partial charge in [0.25, 0.3) is 0 Å². The van der Waals surface area contributed by atoms with E-state index in [9.17, 15) is 14.0 Å². The number of anilines is 1. The summed E-state index contributed by atoms with van der Waals surface area (Å²) in [5.41, 5.74) is 6.21. The molecule has 0 saturated heterocycles. The predicted octanol–water partition coefficient (Wildman–Crippen LogP) is 4.45. The van der Waals surface area contributed by atoms with Gasteiger partial charge in [-0.05, 0) is 54.6 Å². The van der Waals surface area contributed by atoms with Crippen molar-refractivity contribution in [3.63, 3.8) is 0 Å². The zero-order valence-corrected chi connectivity index (χ0v) is 15.5. The average molecular weight is 396 g/mol. The fraction of sp³-hybridized carbons (Fsp3) is 0.0476. The first-order chi connectivity index (χ1) is 13.5. The second-order valence-electron chi connectivity index (χ2n) is 5.79. The van der Waals surface area contributed by atoms with E-state index in [1.807, 2.05) is 0 Å². The third kappa shape index (κ3) is 5.34. The molecule has 0 spiro atoms. The maximum atomic E-state index is 13.6. The zero-order valence-electron chi connectivity index (χ0n) is 14.7. The standard InChI is InChI=1S/C21H17FN2O3S/c22-18-6-1-2-7-19(18)28-13-20(25)24-15-8-10-16(11-9-15)27-17-5-3-4-14(12-17)21(23)26/h1-12H,13H2,(H2,23,26)(H,24,25). The number of primary amides is 1. The van der Waals surface area contributed by atoms with Gasteiger partial charge in [-0.1, -0.05) is 18.2 Å². The van der Waals surface area contributed by atoms with Gasteiger partial charge in [0.2, 0.25) is 11.8 Å². The summed E-state index contributed by atoms with van der Waals surface area (Å²) in [6, 6.07) is 19.6. The molecular formula is C21H17FN2O3S. The zero-order chi connectivity index (χ0) is 19.9. The number of nitrogens with two attached hydrogens (primary N) is 1. The van der Waals surface area contributed by atoms with E-state index in [2.05, 4.69) is 5.32 Å². The molecule has 0 fully saturated rings. The van der Waals surface area contributed by atoms with Crippen LogP contribution in [0.25, 0.3) is 0 Å². The van der Waals surface area contributed by atoms with Crippen molar-refractivity contribution in [2.75, 3.05) is 11.1 Å². The minimum Gasteiger partial charge on any atom is -0.457 e. The summed E-state index contributed by atoms with van der Waals surface area (Å²) in [6.45, 7) is 0. The molecule has 7 heteroatoms. The minimum atomic E-state index is -0.531. The van der Waals surface area contributed by atoms with E-state index in [1.54, 1.807) is 66.7 Å². The molecule has 0 aliphatic carbocycles. The molecule has 142 valence electrons. The summed E-state index contributed by atoms with van der Waals surface area (Å²) in [5, 5.41) is 2.75. The maximum Gasteiger partial charge on any atom is 0.248 e. The van der Waals surface area contributed by atoms with Crippen LogP contribution in [0.4, 0.5) is 10.1 Å². The van der Waals surface area contributed by atoms with Crippen LogP contribution in [0.5, 0.6) is 11.5 Å². The molecule has 3 aromatic carbocycles. The number of thioether (sulfide) groups is 1. The third-order valence-corrected chi connectivity index (χ3v) is 4.74. The lowest BCUT2D eigenvalue weighted by Gasteiger charge is -2.09. The molecule has 0 aromatic heterocycles. The molecule has 0 radical (unpaired) electrons. The monoisotopic (exact) mass is 396 g/mol. The largest absolute Gasteiger partial charge is 0.457 e. The minimum absolute atomic E-state index is 0.0963. The van der Waals surface area contributed by atoms with Crippen LogP contribution >= 0.6 is 11.8 Å². The second kappa shape index (κ2) is 9.05. The number of carbonyl (C=O) groups excluding carboxylic acids is 2. The van der Waals surface area contributed by atoms with Crippen molar-refractivity contribution in [2.45, 2.75) is 4.90 Å². The number of benzene rings is 3. The Bertz CT molecular complexity index is 993. The van der Waals surface area contributed by atoms with E-state index in [-0.39, 0.29) is 17.5 Å². The van der Waals surface area contributed by atoms with Crippen LogP contribution in [-0.4, -0.2) is 17.6 Å². The number of rotatable bonds is 7. The number of amides is 2. The smallest absolute Gasteiger partial charge is 0.248 e. The van der Waals surface area contributed by atoms with Crippen LogP contribution in [0.1, 0.15) is 10.4 Å². The number of ether oxygens (including phenoxy) is 1. The van der Waals surface area contributed by atoms with Crippen molar-refractivity contribution in [1.29, 1.82) is 0 Å². The van der Waals surface area contributed by atoms with Gasteiger partial charge >= 0.3 is 0 Å². The van der Waals surface area contributed by atoms with Crippen LogP contribution in [0, 0.1) is 5.82 Å². The Morgan fingerprint density at radius 3 is 2.43 bits per heavy atom. The van der Waals surface area contributed by atoms with Gasteiger partial charge in [0.15, 0.2) is 0 Å². The maximum absolute atomic E-state index is 13.6. The predicted molar refractivity (Wildman–Crippen MR) is 107 cm³/mol. The lowest BCUT2D eigenvalue weighted by atomic mass is 10.2. The van der Waals surface area contributed by atoms with Crippen LogP contribution in [0.15, 0.2) is 77.7 Å². The van der Waals surface area contributed by atoms with Gasteiger partial charge in [-0.25, -0.2) is 4.39 Å². The number of carbonyl (C=O) groups is 2. The van der Waals surface area contributed by atoms with Gasteiger partial charge in [0.1, 0.15) is 17.3 Å². The van der Waals surface area contributed by atoms with Gasteiger partial charge in [0.05, 0.1) is 5.75 Å². The van der Waals surface area contributed by atoms with Gasteiger partial charge in [-0.3, -0.25) is 9.59 Å². The highest BCUT2D eigenvalue weighted by Crippen LogP contribution is 2.25. The van der Waals surface area contributed by atoms with Gasteiger partial charge in [-0.15, -0.1) is 11.8 Å². The van der Waals surface area contributed by atoms with Gasteiger partial charge in [-0.2, -0.15) is 0 Å². The number of hydrogen-bond acceptors (Lipinski definition) is 4. The summed E-state index contributed by atoms with van der Waals surface area (Å²) in [7, 11) is 0. The Hall–Kier alpha value is -3.32. The van der Waals surface area contributed by atoms with Crippen LogP contribution in [0.2, 0.25) is 0 Å². The lowest BCUT2D eigenvalue weighted by Crippen LogP contribution is -2.14. The highest BCUT2D eigenvalue weighted by atomic mass is 32.2. The fourth-order valence-corrected chi connectivity index (χ4v) is 3.10. The van der Waals surface area contributed by atoms with Gasteiger partial charge < -0.3 is 15.8 Å². The van der Waals surface area contributed by atoms with Crippen LogP contribution in [-0.2, 0) is 4.79 Å². The van der Waals surface area contributed by atoms with E-state index in [0.717, 1.165) is 11.8 Å². The van der Waals surface area contributed by atoms with Crippen LogP contribution < -0.4 is 15.8 Å². The molecule has 0 bridgehead atoms. The summed E-state index contributed by atoms with van der Waals surface area (Å²) in [4.78, 5) is 23.7. The summed E-state index contributed by atoms with van der Waals surface area (Å²) in [5.74, 6) is 0.00352. The number of nitrogens with one attached hydrogen (secondary N) is 1. The Morgan fingerprint density at radius 1 is 0.964 bits per heavy atom. The Balaban J connectivity index is 1.55. The number of hydrogen-bond donors (Lipinski definition) is 2. The van der Waals surface area contributed by atoms with E-state index in [1.165, 1.54) is 6.07 Å². The molecule has 2 amide bonds. The van der Waals surface area contributed by atoms with E-state index >= 15 is 0 Å². The fourth-order valence-electron chi connectivity index (χ4n) is 2.36. The first-order valence-electron chi connectivity index (χ1n) is 8.36. The molecule has 3 aromatic rings. The highest BCUT2D eigenvalue weighted by molar-refractivity contribution is 8.00. The highest BCUT2D eigenvalue weighted by Gasteiger charge is 2.07. The molecule has 3 N–H and O–H groups in total. The molecule has 0 heterocycles. The third-order valence-electron chi connectivity index (χ3n) is 3.69. The Kier molecular flexibility index (Phi) is 6.29. The first-order valence-corrected chi connectivity index (χ1v) is 9.35. The molecule has 0 atom stereocenters. The summed E-state index contributed by atoms with van der Waals surface area (Å²) >= 11 is 1.13. The lowest BCUT2D eigenvalue weighted by molar-refractivity contribution is -0.113. The van der Waals surface area contributed by atoms with Crippen molar-refractivity contribution >= 4 is 29.3 Å². The molecule has 0 unspecified atom stereocenters. The molecule has 0 aliphatic heterocycles. The molecular weight excluding hydrogens is 379 g/mol. The van der Waals surface area contributed by atoms with Crippen molar-refractivity contribution in [3.8, 4) is 11.5 Å². The molecule has 0 aliphatic rings. The van der Waals surface area contributed by atoms with Gasteiger partial charge in [0, 0.05) is 16.1 Å². The van der Waals surface area contributed by atoms with E-state index in [0.29, 0.717) is 27.6 Å². The SMILES string of the molecule is NC(=O)c1cccc(Oc2ccc(NC(=O)CSc3ccccc3F)cc2)c1. The van der Waals surface area contributed by atoms with Crippen molar-refractivity contribution in [3.05, 3.63) is 84.2 Å². The Labute approximate surface area is 165 Å². The molecule has 0 saturated carbocycles. The van der Waals surface area contributed by atoms with Crippen molar-refractivity contribution in [1.82, 2.24) is 0 Å². The quantitative estimate of drug-likeness (QED) is 0.578. The molecule has 3 rings (SSSR count). The molecule has 5 nitrogen and oxygen atoms in total. The Morgan fingerprint density at radius 2 is 1.71 bits per heavy atom. The van der Waals surface area contributed by atoms with E-state index < -0.39 is 5.91 Å². The topological polar surface area (TPSA) is 81.4 Å². The van der Waals surface area contributed by atoms with Crippen molar-refractivity contribution < 1.29 is 18.7 Å². The summed E-state index contributed by atoms with van der Waals surface area (Å²) < 4.78 is 19.2. The summed E-state index contributed by atoms with van der Waals surface area (Å²) in [6.07, 6.45) is 0. The second-order valence-corrected chi connectivity index (χ2v) is 6.80. The van der Waals surface area contributed by atoms with Crippen LogP contribution in [0.3, 0.4) is 0 Å². The molecule has 28 heavy (non-hydrogen) atoms.